The van der Waals surface area contributed by atoms with Gasteiger partial charge in [-0.1, -0.05) is 30.3 Å². The van der Waals surface area contributed by atoms with Crippen LogP contribution in [0.4, 0.5) is 0 Å². The fourth-order valence-corrected chi connectivity index (χ4v) is 3.09. The van der Waals surface area contributed by atoms with Crippen molar-refractivity contribution in [2.45, 2.75) is 19.9 Å². The van der Waals surface area contributed by atoms with Gasteiger partial charge >= 0.3 is 0 Å². The lowest BCUT2D eigenvalue weighted by molar-refractivity contribution is -0.120. The number of carbonyl (C=O) groups is 2. The molecular formula is C24H26N2O5. The Morgan fingerprint density at radius 1 is 0.935 bits per heavy atom. The molecule has 0 fully saturated rings. The molecule has 0 saturated heterocycles. The number of ether oxygens (including phenoxy) is 2. The molecule has 0 aliphatic rings. The highest BCUT2D eigenvalue weighted by Gasteiger charge is 2.20. The number of hydrogen-bond donors (Lipinski definition) is 2. The largest absolute Gasteiger partial charge is 0.490 e. The zero-order valence-corrected chi connectivity index (χ0v) is 17.6. The van der Waals surface area contributed by atoms with E-state index in [-0.39, 0.29) is 18.4 Å². The summed E-state index contributed by atoms with van der Waals surface area (Å²) in [5.74, 6) is 0.952. The van der Waals surface area contributed by atoms with Crippen LogP contribution in [0.15, 0.2) is 71.3 Å². The first kappa shape index (κ1) is 22.0. The molecule has 0 radical (unpaired) electrons. The molecule has 0 spiro atoms. The molecule has 2 aromatic carbocycles. The van der Waals surface area contributed by atoms with Gasteiger partial charge in [0, 0.05) is 5.56 Å². The highest BCUT2D eigenvalue weighted by Crippen LogP contribution is 2.28. The van der Waals surface area contributed by atoms with Gasteiger partial charge in [0.05, 0.1) is 26.0 Å². The lowest BCUT2D eigenvalue weighted by atomic mass is 10.0. The van der Waals surface area contributed by atoms with Crippen molar-refractivity contribution < 1.29 is 23.5 Å². The van der Waals surface area contributed by atoms with Gasteiger partial charge in [-0.25, -0.2) is 0 Å². The third kappa shape index (κ3) is 5.88. The Morgan fingerprint density at radius 2 is 1.68 bits per heavy atom. The van der Waals surface area contributed by atoms with Crippen LogP contribution in [0, 0.1) is 0 Å². The molecular weight excluding hydrogens is 396 g/mol. The number of rotatable bonds is 10. The fourth-order valence-electron chi connectivity index (χ4n) is 3.09. The first-order valence-corrected chi connectivity index (χ1v) is 10.2. The molecule has 2 amide bonds. The molecule has 3 rings (SSSR count). The molecule has 0 aliphatic carbocycles. The number of amides is 2. The Balaban J connectivity index is 1.64. The van der Waals surface area contributed by atoms with Crippen LogP contribution in [0.25, 0.3) is 0 Å². The SMILES string of the molecule is CCOc1ccc(C(=O)NCC(=O)NC(c2ccccc2)c2ccco2)cc1OCC. The molecule has 162 valence electrons. The zero-order chi connectivity index (χ0) is 22.1. The average Bonchev–Trinajstić information content (AvgIpc) is 3.32. The van der Waals surface area contributed by atoms with Gasteiger partial charge in [-0.15, -0.1) is 0 Å². The highest BCUT2D eigenvalue weighted by atomic mass is 16.5. The summed E-state index contributed by atoms with van der Waals surface area (Å²) in [5, 5.41) is 5.55. The predicted molar refractivity (Wildman–Crippen MR) is 116 cm³/mol. The summed E-state index contributed by atoms with van der Waals surface area (Å²) >= 11 is 0. The van der Waals surface area contributed by atoms with E-state index in [4.69, 9.17) is 13.9 Å². The van der Waals surface area contributed by atoms with E-state index in [1.165, 1.54) is 0 Å². The van der Waals surface area contributed by atoms with Crippen molar-refractivity contribution in [3.63, 3.8) is 0 Å². The van der Waals surface area contributed by atoms with E-state index in [0.717, 1.165) is 5.56 Å². The molecule has 1 unspecified atom stereocenters. The third-order valence-electron chi connectivity index (χ3n) is 4.48. The van der Waals surface area contributed by atoms with Crippen molar-refractivity contribution in [3.8, 4) is 11.5 Å². The Morgan fingerprint density at radius 3 is 2.35 bits per heavy atom. The quantitative estimate of drug-likeness (QED) is 0.520. The van der Waals surface area contributed by atoms with Crippen LogP contribution in [0.5, 0.6) is 11.5 Å². The summed E-state index contributed by atoms with van der Waals surface area (Å²) in [4.78, 5) is 25.1. The van der Waals surface area contributed by atoms with Gasteiger partial charge in [0.25, 0.3) is 5.91 Å². The summed E-state index contributed by atoms with van der Waals surface area (Å²) < 4.78 is 16.6. The first-order chi connectivity index (χ1) is 15.1. The van der Waals surface area contributed by atoms with Crippen molar-refractivity contribution in [2.75, 3.05) is 19.8 Å². The summed E-state index contributed by atoms with van der Waals surface area (Å²) in [6.45, 7) is 4.49. The second-order valence-corrected chi connectivity index (χ2v) is 6.64. The Hall–Kier alpha value is -3.74. The van der Waals surface area contributed by atoms with Crippen molar-refractivity contribution in [3.05, 3.63) is 83.8 Å². The van der Waals surface area contributed by atoms with Gasteiger partial charge in [-0.05, 0) is 49.7 Å². The minimum absolute atomic E-state index is 0.181. The van der Waals surface area contributed by atoms with Crippen molar-refractivity contribution in [1.29, 1.82) is 0 Å². The maximum Gasteiger partial charge on any atom is 0.251 e. The van der Waals surface area contributed by atoms with Crippen molar-refractivity contribution in [1.82, 2.24) is 10.6 Å². The second kappa shape index (κ2) is 10.9. The normalized spacial score (nSPS) is 11.4. The van der Waals surface area contributed by atoms with E-state index in [1.54, 1.807) is 36.6 Å². The van der Waals surface area contributed by atoms with Crippen LogP contribution in [0.3, 0.4) is 0 Å². The van der Waals surface area contributed by atoms with Gasteiger partial charge < -0.3 is 24.5 Å². The standard InChI is InChI=1S/C24H26N2O5/c1-3-29-19-13-12-18(15-21(19)30-4-2)24(28)25-16-22(27)26-23(20-11-8-14-31-20)17-9-6-5-7-10-17/h5-15,23H,3-4,16H2,1-2H3,(H,25,28)(H,26,27). The van der Waals surface area contributed by atoms with Gasteiger partial charge in [0.2, 0.25) is 5.91 Å². The summed E-state index contributed by atoms with van der Waals surface area (Å²) in [7, 11) is 0. The molecule has 2 N–H and O–H groups in total. The summed E-state index contributed by atoms with van der Waals surface area (Å²) in [6.07, 6.45) is 1.56. The van der Waals surface area contributed by atoms with Crippen LogP contribution in [0.1, 0.15) is 41.6 Å². The van der Waals surface area contributed by atoms with E-state index in [2.05, 4.69) is 10.6 Å². The van der Waals surface area contributed by atoms with Gasteiger partial charge in [0.15, 0.2) is 11.5 Å². The Labute approximate surface area is 181 Å². The third-order valence-corrected chi connectivity index (χ3v) is 4.48. The summed E-state index contributed by atoms with van der Waals surface area (Å²) in [5.41, 5.74) is 1.26. The zero-order valence-electron chi connectivity index (χ0n) is 17.6. The smallest absolute Gasteiger partial charge is 0.251 e. The number of nitrogens with one attached hydrogen (secondary N) is 2. The molecule has 0 saturated carbocycles. The molecule has 3 aromatic rings. The molecule has 1 aromatic heterocycles. The second-order valence-electron chi connectivity index (χ2n) is 6.64. The van der Waals surface area contributed by atoms with E-state index in [9.17, 15) is 9.59 Å². The number of hydrogen-bond acceptors (Lipinski definition) is 5. The van der Waals surface area contributed by atoms with Gasteiger partial charge in [-0.3, -0.25) is 9.59 Å². The topological polar surface area (TPSA) is 89.8 Å². The highest BCUT2D eigenvalue weighted by molar-refractivity contribution is 5.97. The van der Waals surface area contributed by atoms with Gasteiger partial charge in [-0.2, -0.15) is 0 Å². The van der Waals surface area contributed by atoms with E-state index >= 15 is 0 Å². The Kier molecular flexibility index (Phi) is 7.70. The van der Waals surface area contributed by atoms with Crippen molar-refractivity contribution >= 4 is 11.8 Å². The molecule has 31 heavy (non-hydrogen) atoms. The molecule has 7 heteroatoms. The van der Waals surface area contributed by atoms with Crippen molar-refractivity contribution in [2.24, 2.45) is 0 Å². The monoisotopic (exact) mass is 422 g/mol. The lowest BCUT2D eigenvalue weighted by Gasteiger charge is -2.17. The molecule has 1 heterocycles. The Bertz CT molecular complexity index is 986. The predicted octanol–water partition coefficient (Wildman–Crippen LogP) is 3.71. The van der Waals surface area contributed by atoms with E-state index in [0.29, 0.717) is 36.0 Å². The van der Waals surface area contributed by atoms with E-state index < -0.39 is 6.04 Å². The fraction of sp³-hybridized carbons (Fsp3) is 0.250. The molecule has 1 atom stereocenters. The average molecular weight is 422 g/mol. The minimum atomic E-state index is -0.448. The summed E-state index contributed by atoms with van der Waals surface area (Å²) in [6, 6.07) is 17.5. The van der Waals surface area contributed by atoms with Crippen LogP contribution in [-0.2, 0) is 4.79 Å². The van der Waals surface area contributed by atoms with E-state index in [1.807, 2.05) is 44.2 Å². The maximum absolute atomic E-state index is 12.6. The number of benzene rings is 2. The lowest BCUT2D eigenvalue weighted by Crippen LogP contribution is -2.39. The van der Waals surface area contributed by atoms with Crippen LogP contribution >= 0.6 is 0 Å². The number of carbonyl (C=O) groups excluding carboxylic acids is 2. The number of furan rings is 1. The maximum atomic E-state index is 12.6. The first-order valence-electron chi connectivity index (χ1n) is 10.2. The van der Waals surface area contributed by atoms with Gasteiger partial charge in [0.1, 0.15) is 11.8 Å². The molecule has 7 nitrogen and oxygen atoms in total. The van der Waals surface area contributed by atoms with Crippen LogP contribution < -0.4 is 20.1 Å². The van der Waals surface area contributed by atoms with Crippen LogP contribution in [-0.4, -0.2) is 31.6 Å². The van der Waals surface area contributed by atoms with Crippen LogP contribution in [0.2, 0.25) is 0 Å². The minimum Gasteiger partial charge on any atom is -0.490 e. The molecule has 0 aliphatic heterocycles. The molecule has 0 bridgehead atoms.